The number of rotatable bonds is 5. The van der Waals surface area contributed by atoms with Crippen molar-refractivity contribution < 1.29 is 18.3 Å². The molecule has 2 heterocycles. The fourth-order valence-electron chi connectivity index (χ4n) is 3.15. The lowest BCUT2D eigenvalue weighted by Crippen LogP contribution is -2.49. The lowest BCUT2D eigenvalue weighted by Gasteiger charge is -2.36. The minimum atomic E-state index is -2.97. The molecular formula is C20H24F2N4O2. The maximum absolute atomic E-state index is 12.8. The van der Waals surface area contributed by atoms with Gasteiger partial charge < -0.3 is 14.5 Å². The molecule has 1 fully saturated rings. The molecule has 0 unspecified atom stereocenters. The third kappa shape index (κ3) is 4.55. The first-order valence-corrected chi connectivity index (χ1v) is 9.29. The van der Waals surface area contributed by atoms with Crippen LogP contribution in [-0.2, 0) is 0 Å². The second-order valence-corrected chi connectivity index (χ2v) is 7.03. The van der Waals surface area contributed by atoms with Gasteiger partial charge >= 0.3 is 6.61 Å². The summed E-state index contributed by atoms with van der Waals surface area (Å²) >= 11 is 0. The fraction of sp³-hybridized carbons (Fsp3) is 0.450. The van der Waals surface area contributed by atoms with Gasteiger partial charge in [-0.3, -0.25) is 4.79 Å². The first-order valence-electron chi connectivity index (χ1n) is 9.29. The Morgan fingerprint density at radius 3 is 2.43 bits per heavy atom. The van der Waals surface area contributed by atoms with E-state index in [-0.39, 0.29) is 23.1 Å². The van der Waals surface area contributed by atoms with Gasteiger partial charge in [-0.05, 0) is 19.1 Å². The van der Waals surface area contributed by atoms with E-state index in [4.69, 9.17) is 0 Å². The van der Waals surface area contributed by atoms with Crippen molar-refractivity contribution in [3.63, 3.8) is 0 Å². The van der Waals surface area contributed by atoms with Gasteiger partial charge in [-0.25, -0.2) is 9.97 Å². The quantitative estimate of drug-likeness (QED) is 0.782. The monoisotopic (exact) mass is 390 g/mol. The topological polar surface area (TPSA) is 58.6 Å². The standard InChI is InChI=1S/C20H24F2N4O2/c1-13(2)18-23-14(3)12-17(24-18)25-8-10-26(11-9-25)19(27)15-6-4-5-7-16(15)28-20(21)22/h4-7,12-13,20H,8-11H2,1-3H3. The lowest BCUT2D eigenvalue weighted by atomic mass is 10.1. The zero-order valence-electron chi connectivity index (χ0n) is 16.2. The molecule has 2 aromatic rings. The Labute approximate surface area is 163 Å². The number of alkyl halides is 2. The van der Waals surface area contributed by atoms with Gasteiger partial charge in [0.2, 0.25) is 0 Å². The zero-order valence-corrected chi connectivity index (χ0v) is 16.2. The third-order valence-corrected chi connectivity index (χ3v) is 4.60. The SMILES string of the molecule is Cc1cc(N2CCN(C(=O)c3ccccc3OC(F)F)CC2)nc(C(C)C)n1. The molecule has 1 aliphatic rings. The second-order valence-electron chi connectivity index (χ2n) is 7.03. The fourth-order valence-corrected chi connectivity index (χ4v) is 3.15. The van der Waals surface area contributed by atoms with Crippen molar-refractivity contribution in [3.8, 4) is 5.75 Å². The predicted molar refractivity (Wildman–Crippen MR) is 102 cm³/mol. The summed E-state index contributed by atoms with van der Waals surface area (Å²) in [6, 6.07) is 8.03. The number of hydrogen-bond donors (Lipinski definition) is 0. The van der Waals surface area contributed by atoms with Crippen molar-refractivity contribution in [3.05, 3.63) is 47.4 Å². The van der Waals surface area contributed by atoms with E-state index in [1.165, 1.54) is 12.1 Å². The molecule has 6 nitrogen and oxygen atoms in total. The summed E-state index contributed by atoms with van der Waals surface area (Å²) in [6.07, 6.45) is 0. The van der Waals surface area contributed by atoms with Crippen LogP contribution in [0.1, 0.15) is 41.6 Å². The summed E-state index contributed by atoms with van der Waals surface area (Å²) in [7, 11) is 0. The first kappa shape index (κ1) is 20.0. The van der Waals surface area contributed by atoms with Crippen molar-refractivity contribution in [2.75, 3.05) is 31.1 Å². The van der Waals surface area contributed by atoms with Crippen LogP contribution >= 0.6 is 0 Å². The van der Waals surface area contributed by atoms with Crippen LogP contribution in [0, 0.1) is 6.92 Å². The molecule has 1 aromatic heterocycles. The first-order chi connectivity index (χ1) is 13.3. The van der Waals surface area contributed by atoms with E-state index in [0.29, 0.717) is 26.2 Å². The van der Waals surface area contributed by atoms with Gasteiger partial charge in [-0.15, -0.1) is 0 Å². The molecule has 1 saturated heterocycles. The molecule has 0 saturated carbocycles. The van der Waals surface area contributed by atoms with E-state index >= 15 is 0 Å². The van der Waals surface area contributed by atoms with Crippen LogP contribution in [0.4, 0.5) is 14.6 Å². The maximum atomic E-state index is 12.8. The van der Waals surface area contributed by atoms with Crippen LogP contribution in [0.15, 0.2) is 30.3 Å². The van der Waals surface area contributed by atoms with Crippen molar-refractivity contribution in [2.45, 2.75) is 33.3 Å². The van der Waals surface area contributed by atoms with E-state index in [2.05, 4.69) is 19.6 Å². The van der Waals surface area contributed by atoms with E-state index in [1.807, 2.05) is 26.8 Å². The molecule has 28 heavy (non-hydrogen) atoms. The molecule has 3 rings (SSSR count). The number of carbonyl (C=O) groups excluding carboxylic acids is 1. The van der Waals surface area contributed by atoms with Crippen LogP contribution in [-0.4, -0.2) is 53.6 Å². The highest BCUT2D eigenvalue weighted by Crippen LogP contribution is 2.24. The average molecular weight is 390 g/mol. The Balaban J connectivity index is 1.70. The normalized spacial score (nSPS) is 14.7. The Hall–Kier alpha value is -2.77. The third-order valence-electron chi connectivity index (χ3n) is 4.60. The number of aromatic nitrogens is 2. The largest absolute Gasteiger partial charge is 0.434 e. The summed E-state index contributed by atoms with van der Waals surface area (Å²) in [4.78, 5) is 25.7. The number of nitrogens with zero attached hydrogens (tertiary/aromatic N) is 4. The number of halogens is 2. The van der Waals surface area contributed by atoms with Crippen molar-refractivity contribution in [2.24, 2.45) is 0 Å². The van der Waals surface area contributed by atoms with Crippen LogP contribution in [0.5, 0.6) is 5.75 Å². The summed E-state index contributed by atoms with van der Waals surface area (Å²) in [6.45, 7) is 5.24. The smallest absolute Gasteiger partial charge is 0.387 e. The van der Waals surface area contributed by atoms with Gasteiger partial charge in [-0.1, -0.05) is 26.0 Å². The van der Waals surface area contributed by atoms with Gasteiger partial charge in [0.1, 0.15) is 17.4 Å². The zero-order chi connectivity index (χ0) is 20.3. The lowest BCUT2D eigenvalue weighted by molar-refractivity contribution is -0.0502. The molecule has 150 valence electrons. The van der Waals surface area contributed by atoms with Crippen LogP contribution < -0.4 is 9.64 Å². The Bertz CT molecular complexity index is 837. The second kappa shape index (κ2) is 8.50. The van der Waals surface area contributed by atoms with Crippen LogP contribution in [0.2, 0.25) is 0 Å². The molecule has 0 radical (unpaired) electrons. The maximum Gasteiger partial charge on any atom is 0.387 e. The van der Waals surface area contributed by atoms with Gasteiger partial charge in [0, 0.05) is 43.9 Å². The summed E-state index contributed by atoms with van der Waals surface area (Å²) in [5.41, 5.74) is 1.06. The number of aryl methyl sites for hydroxylation is 1. The van der Waals surface area contributed by atoms with Crippen molar-refractivity contribution in [1.29, 1.82) is 0 Å². The highest BCUT2D eigenvalue weighted by Gasteiger charge is 2.26. The number of anilines is 1. The number of piperazine rings is 1. The number of para-hydroxylation sites is 1. The van der Waals surface area contributed by atoms with Gasteiger partial charge in [0.15, 0.2) is 0 Å². The summed E-state index contributed by atoms with van der Waals surface area (Å²) in [5.74, 6) is 1.47. The Morgan fingerprint density at radius 2 is 1.79 bits per heavy atom. The Kier molecular flexibility index (Phi) is 6.06. The van der Waals surface area contributed by atoms with E-state index in [1.54, 1.807) is 17.0 Å². The molecule has 1 amide bonds. The van der Waals surface area contributed by atoms with Gasteiger partial charge in [-0.2, -0.15) is 8.78 Å². The molecule has 1 aromatic carbocycles. The number of amides is 1. The number of carbonyl (C=O) groups is 1. The Morgan fingerprint density at radius 1 is 1.11 bits per heavy atom. The summed E-state index contributed by atoms with van der Waals surface area (Å²) < 4.78 is 29.7. The van der Waals surface area contributed by atoms with Crippen LogP contribution in [0.3, 0.4) is 0 Å². The molecular weight excluding hydrogens is 366 g/mol. The number of ether oxygens (including phenoxy) is 1. The molecule has 0 aliphatic carbocycles. The molecule has 0 N–H and O–H groups in total. The van der Waals surface area contributed by atoms with E-state index in [9.17, 15) is 13.6 Å². The predicted octanol–water partition coefficient (Wildman–Crippen LogP) is 3.47. The minimum absolute atomic E-state index is 0.0991. The average Bonchev–Trinajstić information content (AvgIpc) is 2.67. The van der Waals surface area contributed by atoms with Gasteiger partial charge in [0.25, 0.3) is 5.91 Å². The molecule has 0 atom stereocenters. The molecule has 0 bridgehead atoms. The molecule has 8 heteroatoms. The highest BCUT2D eigenvalue weighted by atomic mass is 19.3. The van der Waals surface area contributed by atoms with Gasteiger partial charge in [0.05, 0.1) is 5.56 Å². The minimum Gasteiger partial charge on any atom is -0.434 e. The number of benzene rings is 1. The molecule has 1 aliphatic heterocycles. The van der Waals surface area contributed by atoms with Crippen LogP contribution in [0.25, 0.3) is 0 Å². The van der Waals surface area contributed by atoms with Crippen molar-refractivity contribution in [1.82, 2.24) is 14.9 Å². The van der Waals surface area contributed by atoms with E-state index in [0.717, 1.165) is 17.3 Å². The highest BCUT2D eigenvalue weighted by molar-refractivity contribution is 5.97. The number of hydrogen-bond acceptors (Lipinski definition) is 5. The summed E-state index contributed by atoms with van der Waals surface area (Å²) in [5, 5.41) is 0. The van der Waals surface area contributed by atoms with E-state index < -0.39 is 6.61 Å². The van der Waals surface area contributed by atoms with Crippen molar-refractivity contribution >= 4 is 11.7 Å². The molecule has 0 spiro atoms.